The highest BCUT2D eigenvalue weighted by atomic mass is 32.2. The number of nitrogens with one attached hydrogen (secondary N) is 1. The zero-order chi connectivity index (χ0) is 14.4. The molecule has 2 N–H and O–H groups in total. The van der Waals surface area contributed by atoms with E-state index in [0.717, 1.165) is 6.07 Å². The fourth-order valence-corrected chi connectivity index (χ4v) is 2.04. The van der Waals surface area contributed by atoms with Crippen LogP contribution in [0.15, 0.2) is 18.2 Å². The number of benzene rings is 1. The van der Waals surface area contributed by atoms with Crippen molar-refractivity contribution in [1.29, 1.82) is 0 Å². The van der Waals surface area contributed by atoms with Gasteiger partial charge in [0.15, 0.2) is 0 Å². The second-order valence-corrected chi connectivity index (χ2v) is 5.09. The Morgan fingerprint density at radius 1 is 1.47 bits per heavy atom. The highest BCUT2D eigenvalue weighted by molar-refractivity contribution is 7.98. The first kappa shape index (κ1) is 15.5. The standard InChI is InChI=1S/C13H16FNO3S/c1-8-3-4-9(14)7-10(8)12(16)15-11(13(17)18)5-6-19-2/h3-4,7,11H,5-6H2,1-2H3,(H,15,16)(H,17,18)/t11-/m1/s1. The van der Waals surface area contributed by atoms with Gasteiger partial charge in [-0.2, -0.15) is 11.8 Å². The maximum Gasteiger partial charge on any atom is 0.326 e. The first-order valence-corrected chi connectivity index (χ1v) is 7.14. The predicted molar refractivity (Wildman–Crippen MR) is 73.0 cm³/mol. The molecule has 1 aromatic carbocycles. The number of hydrogen-bond donors (Lipinski definition) is 2. The largest absolute Gasteiger partial charge is 0.480 e. The summed E-state index contributed by atoms with van der Waals surface area (Å²) in [5.74, 6) is -1.55. The number of aryl methyl sites for hydroxylation is 1. The molecular formula is C13H16FNO3S. The maximum atomic E-state index is 13.1. The van der Waals surface area contributed by atoms with Gasteiger partial charge in [0.25, 0.3) is 5.91 Å². The summed E-state index contributed by atoms with van der Waals surface area (Å²) in [5, 5.41) is 11.4. The number of aliphatic carboxylic acids is 1. The smallest absolute Gasteiger partial charge is 0.326 e. The lowest BCUT2D eigenvalue weighted by Crippen LogP contribution is -2.41. The number of thioether (sulfide) groups is 1. The Labute approximate surface area is 115 Å². The van der Waals surface area contributed by atoms with Gasteiger partial charge in [-0.1, -0.05) is 6.07 Å². The van der Waals surface area contributed by atoms with Gasteiger partial charge in [0.05, 0.1) is 0 Å². The molecule has 0 aliphatic heterocycles. The van der Waals surface area contributed by atoms with E-state index in [1.165, 1.54) is 23.9 Å². The maximum absolute atomic E-state index is 13.1. The Bertz CT molecular complexity index is 479. The van der Waals surface area contributed by atoms with Crippen LogP contribution in [0.3, 0.4) is 0 Å². The normalized spacial score (nSPS) is 11.9. The molecule has 0 fully saturated rings. The Morgan fingerprint density at radius 3 is 2.74 bits per heavy atom. The van der Waals surface area contributed by atoms with Crippen molar-refractivity contribution < 1.29 is 19.1 Å². The van der Waals surface area contributed by atoms with E-state index in [4.69, 9.17) is 5.11 Å². The van der Waals surface area contributed by atoms with Crippen LogP contribution in [0.2, 0.25) is 0 Å². The molecule has 19 heavy (non-hydrogen) atoms. The molecule has 0 spiro atoms. The number of carboxylic acids is 1. The minimum absolute atomic E-state index is 0.162. The molecule has 1 atom stereocenters. The third kappa shape index (κ3) is 4.55. The van der Waals surface area contributed by atoms with E-state index in [9.17, 15) is 14.0 Å². The molecule has 104 valence electrons. The molecule has 0 aliphatic rings. The van der Waals surface area contributed by atoms with Crippen LogP contribution in [0.4, 0.5) is 4.39 Å². The first-order valence-electron chi connectivity index (χ1n) is 5.74. The Kier molecular flexibility index (Phi) is 5.82. The quantitative estimate of drug-likeness (QED) is 0.839. The molecule has 1 rings (SSSR count). The lowest BCUT2D eigenvalue weighted by atomic mass is 10.1. The third-order valence-electron chi connectivity index (χ3n) is 2.66. The van der Waals surface area contributed by atoms with Crippen molar-refractivity contribution in [2.45, 2.75) is 19.4 Å². The average molecular weight is 285 g/mol. The number of carbonyl (C=O) groups is 2. The second-order valence-electron chi connectivity index (χ2n) is 4.11. The van der Waals surface area contributed by atoms with Gasteiger partial charge in [-0.15, -0.1) is 0 Å². The summed E-state index contributed by atoms with van der Waals surface area (Å²) in [6, 6.07) is 2.90. The van der Waals surface area contributed by atoms with E-state index in [-0.39, 0.29) is 5.56 Å². The van der Waals surface area contributed by atoms with Crippen LogP contribution >= 0.6 is 11.8 Å². The van der Waals surface area contributed by atoms with Crippen LogP contribution in [0.25, 0.3) is 0 Å². The molecular weight excluding hydrogens is 269 g/mol. The van der Waals surface area contributed by atoms with Gasteiger partial charge in [0, 0.05) is 5.56 Å². The topological polar surface area (TPSA) is 66.4 Å². The second kappa shape index (κ2) is 7.13. The van der Waals surface area contributed by atoms with Crippen LogP contribution in [-0.4, -0.2) is 35.0 Å². The van der Waals surface area contributed by atoms with Crippen molar-refractivity contribution in [3.8, 4) is 0 Å². The number of rotatable bonds is 6. The van der Waals surface area contributed by atoms with E-state index in [1.54, 1.807) is 6.92 Å². The van der Waals surface area contributed by atoms with Crippen molar-refractivity contribution in [1.82, 2.24) is 5.32 Å². The molecule has 6 heteroatoms. The summed E-state index contributed by atoms with van der Waals surface area (Å²) >= 11 is 1.50. The minimum Gasteiger partial charge on any atom is -0.480 e. The summed E-state index contributed by atoms with van der Waals surface area (Å²) in [6.45, 7) is 1.67. The third-order valence-corrected chi connectivity index (χ3v) is 3.30. The fraction of sp³-hybridized carbons (Fsp3) is 0.385. The monoisotopic (exact) mass is 285 g/mol. The summed E-state index contributed by atoms with van der Waals surface area (Å²) in [6.07, 6.45) is 2.19. The SMILES string of the molecule is CSCC[C@@H](NC(=O)c1cc(F)ccc1C)C(=O)O. The first-order chi connectivity index (χ1) is 8.95. The zero-order valence-corrected chi connectivity index (χ0v) is 11.6. The van der Waals surface area contributed by atoms with E-state index in [0.29, 0.717) is 17.7 Å². The number of halogens is 1. The van der Waals surface area contributed by atoms with Gasteiger partial charge < -0.3 is 10.4 Å². The van der Waals surface area contributed by atoms with Crippen LogP contribution in [0.5, 0.6) is 0 Å². The molecule has 0 unspecified atom stereocenters. The molecule has 4 nitrogen and oxygen atoms in total. The lowest BCUT2D eigenvalue weighted by Gasteiger charge is -2.15. The molecule has 0 aliphatic carbocycles. The Balaban J connectivity index is 2.81. The summed E-state index contributed by atoms with van der Waals surface area (Å²) in [7, 11) is 0. The molecule has 0 saturated carbocycles. The molecule has 0 saturated heterocycles. The van der Waals surface area contributed by atoms with Gasteiger partial charge in [-0.3, -0.25) is 4.79 Å². The van der Waals surface area contributed by atoms with E-state index >= 15 is 0 Å². The van der Waals surface area contributed by atoms with Crippen LogP contribution < -0.4 is 5.32 Å². The summed E-state index contributed by atoms with van der Waals surface area (Å²) < 4.78 is 13.1. The Hall–Kier alpha value is -1.56. The minimum atomic E-state index is -1.09. The summed E-state index contributed by atoms with van der Waals surface area (Å²) in [4.78, 5) is 23.0. The molecule has 0 heterocycles. The van der Waals surface area contributed by atoms with Crippen molar-refractivity contribution >= 4 is 23.6 Å². The van der Waals surface area contributed by atoms with E-state index < -0.39 is 23.7 Å². The van der Waals surface area contributed by atoms with Crippen molar-refractivity contribution in [2.75, 3.05) is 12.0 Å². The van der Waals surface area contributed by atoms with Gasteiger partial charge in [0.2, 0.25) is 0 Å². The lowest BCUT2D eigenvalue weighted by molar-refractivity contribution is -0.139. The van der Waals surface area contributed by atoms with Gasteiger partial charge in [-0.25, -0.2) is 9.18 Å². The molecule has 0 radical (unpaired) electrons. The molecule has 0 aromatic heterocycles. The van der Waals surface area contributed by atoms with Gasteiger partial charge in [-0.05, 0) is 43.0 Å². The highest BCUT2D eigenvalue weighted by Crippen LogP contribution is 2.11. The number of carbonyl (C=O) groups excluding carboxylic acids is 1. The summed E-state index contributed by atoms with van der Waals surface area (Å²) in [5.41, 5.74) is 0.767. The fourth-order valence-electron chi connectivity index (χ4n) is 1.57. The van der Waals surface area contributed by atoms with Gasteiger partial charge in [0.1, 0.15) is 11.9 Å². The van der Waals surface area contributed by atoms with E-state index in [2.05, 4.69) is 5.32 Å². The van der Waals surface area contributed by atoms with Crippen molar-refractivity contribution in [3.63, 3.8) is 0 Å². The van der Waals surface area contributed by atoms with Crippen LogP contribution in [-0.2, 0) is 4.79 Å². The van der Waals surface area contributed by atoms with E-state index in [1.807, 2.05) is 6.26 Å². The number of hydrogen-bond acceptors (Lipinski definition) is 3. The number of carboxylic acid groups (broad SMARTS) is 1. The van der Waals surface area contributed by atoms with Gasteiger partial charge >= 0.3 is 5.97 Å². The predicted octanol–water partition coefficient (Wildman–Crippen LogP) is 2.07. The van der Waals surface area contributed by atoms with Crippen molar-refractivity contribution in [3.05, 3.63) is 35.1 Å². The van der Waals surface area contributed by atoms with Crippen LogP contribution in [0.1, 0.15) is 22.3 Å². The van der Waals surface area contributed by atoms with Crippen molar-refractivity contribution in [2.24, 2.45) is 0 Å². The molecule has 1 amide bonds. The molecule has 1 aromatic rings. The van der Waals surface area contributed by atoms with Crippen LogP contribution in [0, 0.1) is 12.7 Å². The molecule has 0 bridgehead atoms. The zero-order valence-electron chi connectivity index (χ0n) is 10.8. The highest BCUT2D eigenvalue weighted by Gasteiger charge is 2.21. The Morgan fingerprint density at radius 2 is 2.16 bits per heavy atom. The number of amides is 1. The average Bonchev–Trinajstić information content (AvgIpc) is 2.36.